The number of aromatic nitrogens is 1. The summed E-state index contributed by atoms with van der Waals surface area (Å²) in [4.78, 5) is 19.1. The number of halogens is 1. The standard InChI is InChI=1S/C16H21N5O2S.HI/c1-11(2)14-10-24-15(20-14)9-19-16(17-3)18-8-12-5-4-6-13(7-12)21(22)23;/h4-7,10-11H,8-9H2,1-3H3,(H2,17,18,19);1H. The SMILES string of the molecule is CN=C(NCc1cccc([N+](=O)[O-])c1)NCc1nc(C(C)C)cs1.I. The summed E-state index contributed by atoms with van der Waals surface area (Å²) in [7, 11) is 1.68. The molecule has 0 radical (unpaired) electrons. The maximum atomic E-state index is 10.8. The molecule has 0 aliphatic rings. The molecule has 2 aromatic rings. The molecule has 2 N–H and O–H groups in total. The van der Waals surface area contributed by atoms with Crippen molar-refractivity contribution >= 4 is 47.0 Å². The zero-order valence-corrected chi connectivity index (χ0v) is 17.5. The molecule has 0 amide bonds. The topological polar surface area (TPSA) is 92.5 Å². The fourth-order valence-electron chi connectivity index (χ4n) is 2.02. The highest BCUT2D eigenvalue weighted by Gasteiger charge is 2.08. The molecule has 0 atom stereocenters. The molecule has 0 bridgehead atoms. The lowest BCUT2D eigenvalue weighted by atomic mass is 10.2. The second-order valence-electron chi connectivity index (χ2n) is 5.53. The van der Waals surface area contributed by atoms with Crippen molar-refractivity contribution in [1.82, 2.24) is 15.6 Å². The molecule has 1 heterocycles. The van der Waals surface area contributed by atoms with Crippen LogP contribution >= 0.6 is 35.3 Å². The van der Waals surface area contributed by atoms with Crippen LogP contribution in [0.3, 0.4) is 0 Å². The molecule has 0 fully saturated rings. The van der Waals surface area contributed by atoms with Crippen LogP contribution in [0.5, 0.6) is 0 Å². The van der Waals surface area contributed by atoms with Gasteiger partial charge in [0, 0.05) is 31.1 Å². The zero-order chi connectivity index (χ0) is 17.5. The van der Waals surface area contributed by atoms with Crippen molar-refractivity contribution in [1.29, 1.82) is 0 Å². The Morgan fingerprint density at radius 2 is 2.08 bits per heavy atom. The van der Waals surface area contributed by atoms with Crippen molar-refractivity contribution in [3.63, 3.8) is 0 Å². The van der Waals surface area contributed by atoms with Crippen molar-refractivity contribution < 1.29 is 4.92 Å². The number of aliphatic imine (C=N–C) groups is 1. The van der Waals surface area contributed by atoms with Gasteiger partial charge in [0.15, 0.2) is 5.96 Å². The Labute approximate surface area is 168 Å². The van der Waals surface area contributed by atoms with E-state index in [1.807, 2.05) is 6.07 Å². The predicted molar refractivity (Wildman–Crippen MR) is 112 cm³/mol. The van der Waals surface area contributed by atoms with Crippen molar-refractivity contribution in [3.05, 3.63) is 56.0 Å². The van der Waals surface area contributed by atoms with E-state index in [0.717, 1.165) is 16.3 Å². The number of non-ortho nitro benzene ring substituents is 1. The lowest BCUT2D eigenvalue weighted by molar-refractivity contribution is -0.384. The minimum Gasteiger partial charge on any atom is -0.352 e. The molecule has 0 saturated carbocycles. The Balaban J connectivity index is 0.00000312. The first-order valence-electron chi connectivity index (χ1n) is 7.61. The number of hydrogen-bond acceptors (Lipinski definition) is 5. The quantitative estimate of drug-likeness (QED) is 0.219. The van der Waals surface area contributed by atoms with Gasteiger partial charge in [-0.15, -0.1) is 35.3 Å². The van der Waals surface area contributed by atoms with Crippen molar-refractivity contribution in [2.75, 3.05) is 7.05 Å². The number of rotatable bonds is 6. The van der Waals surface area contributed by atoms with Gasteiger partial charge in [0.1, 0.15) is 5.01 Å². The number of guanidine groups is 1. The third kappa shape index (κ3) is 6.58. The van der Waals surface area contributed by atoms with Crippen LogP contribution in [0.25, 0.3) is 0 Å². The van der Waals surface area contributed by atoms with E-state index in [4.69, 9.17) is 0 Å². The van der Waals surface area contributed by atoms with Gasteiger partial charge < -0.3 is 10.6 Å². The van der Waals surface area contributed by atoms with Crippen LogP contribution < -0.4 is 10.6 Å². The summed E-state index contributed by atoms with van der Waals surface area (Å²) in [5.41, 5.74) is 2.00. The van der Waals surface area contributed by atoms with Gasteiger partial charge in [-0.05, 0) is 11.5 Å². The third-order valence-electron chi connectivity index (χ3n) is 3.37. The van der Waals surface area contributed by atoms with Crippen LogP contribution in [0.2, 0.25) is 0 Å². The average molecular weight is 475 g/mol. The Hall–Kier alpha value is -1.75. The molecule has 136 valence electrons. The van der Waals surface area contributed by atoms with Crippen molar-refractivity contribution in [2.45, 2.75) is 32.9 Å². The number of nitrogens with zero attached hydrogens (tertiary/aromatic N) is 3. The van der Waals surface area contributed by atoms with Gasteiger partial charge in [-0.2, -0.15) is 0 Å². The van der Waals surface area contributed by atoms with Gasteiger partial charge >= 0.3 is 0 Å². The smallest absolute Gasteiger partial charge is 0.269 e. The molecule has 0 aliphatic carbocycles. The molecule has 9 heteroatoms. The first-order chi connectivity index (χ1) is 11.5. The summed E-state index contributed by atoms with van der Waals surface area (Å²) in [5, 5.41) is 20.2. The molecule has 25 heavy (non-hydrogen) atoms. The summed E-state index contributed by atoms with van der Waals surface area (Å²) >= 11 is 1.62. The van der Waals surface area contributed by atoms with Crippen molar-refractivity contribution in [3.8, 4) is 0 Å². The summed E-state index contributed by atoms with van der Waals surface area (Å²) in [6.45, 7) is 5.28. The Bertz CT molecular complexity index is 733. The molecule has 0 unspecified atom stereocenters. The van der Waals surface area contributed by atoms with Gasteiger partial charge in [0.25, 0.3) is 5.69 Å². The van der Waals surface area contributed by atoms with E-state index in [1.54, 1.807) is 30.5 Å². The van der Waals surface area contributed by atoms with Gasteiger partial charge in [-0.3, -0.25) is 15.1 Å². The van der Waals surface area contributed by atoms with Crippen LogP contribution in [-0.4, -0.2) is 22.9 Å². The predicted octanol–water partition coefficient (Wildman–Crippen LogP) is 3.66. The van der Waals surface area contributed by atoms with Crippen LogP contribution in [0.4, 0.5) is 5.69 Å². The molecule has 2 rings (SSSR count). The molecule has 1 aromatic heterocycles. The van der Waals surface area contributed by atoms with Crippen LogP contribution in [0.1, 0.15) is 36.0 Å². The number of nitrogens with one attached hydrogen (secondary N) is 2. The van der Waals surface area contributed by atoms with Gasteiger partial charge in [0.2, 0.25) is 0 Å². The lowest BCUT2D eigenvalue weighted by Crippen LogP contribution is -2.36. The highest BCUT2D eigenvalue weighted by molar-refractivity contribution is 14.0. The summed E-state index contributed by atoms with van der Waals surface area (Å²) in [6.07, 6.45) is 0. The number of nitro benzene ring substituents is 1. The van der Waals surface area contributed by atoms with Crippen LogP contribution in [-0.2, 0) is 13.1 Å². The fourth-order valence-corrected chi connectivity index (χ4v) is 2.91. The second kappa shape index (κ2) is 10.3. The maximum absolute atomic E-state index is 10.8. The van der Waals surface area contributed by atoms with E-state index in [0.29, 0.717) is 25.0 Å². The van der Waals surface area contributed by atoms with Gasteiger partial charge in [-0.1, -0.05) is 26.0 Å². The van der Waals surface area contributed by atoms with E-state index >= 15 is 0 Å². The zero-order valence-electron chi connectivity index (χ0n) is 14.4. The molecule has 1 aromatic carbocycles. The molecule has 0 aliphatic heterocycles. The second-order valence-corrected chi connectivity index (χ2v) is 6.47. The third-order valence-corrected chi connectivity index (χ3v) is 4.24. The molecule has 0 spiro atoms. The van der Waals surface area contributed by atoms with E-state index in [2.05, 4.69) is 39.8 Å². The monoisotopic (exact) mass is 475 g/mol. The highest BCUT2D eigenvalue weighted by atomic mass is 127. The van der Waals surface area contributed by atoms with Crippen LogP contribution in [0, 0.1) is 10.1 Å². The largest absolute Gasteiger partial charge is 0.352 e. The average Bonchev–Trinajstić information content (AvgIpc) is 3.04. The molecular formula is C16H22IN5O2S. The van der Waals surface area contributed by atoms with E-state index in [9.17, 15) is 10.1 Å². The summed E-state index contributed by atoms with van der Waals surface area (Å²) in [6, 6.07) is 6.54. The number of thiazole rings is 1. The van der Waals surface area contributed by atoms with E-state index in [-0.39, 0.29) is 29.7 Å². The van der Waals surface area contributed by atoms with E-state index < -0.39 is 4.92 Å². The Morgan fingerprint density at radius 1 is 1.36 bits per heavy atom. The molecule has 0 saturated heterocycles. The number of nitro groups is 1. The fraction of sp³-hybridized carbons (Fsp3) is 0.375. The van der Waals surface area contributed by atoms with Gasteiger partial charge in [-0.25, -0.2) is 4.98 Å². The summed E-state index contributed by atoms with van der Waals surface area (Å²) < 4.78 is 0. The maximum Gasteiger partial charge on any atom is 0.269 e. The number of hydrogen-bond donors (Lipinski definition) is 2. The van der Waals surface area contributed by atoms with Gasteiger partial charge in [0.05, 0.1) is 17.2 Å². The minimum absolute atomic E-state index is 0. The van der Waals surface area contributed by atoms with Crippen LogP contribution in [0.15, 0.2) is 34.6 Å². The first kappa shape index (κ1) is 21.3. The highest BCUT2D eigenvalue weighted by Crippen LogP contribution is 2.17. The normalized spacial score (nSPS) is 11.1. The number of benzene rings is 1. The molecular weight excluding hydrogens is 453 g/mol. The lowest BCUT2D eigenvalue weighted by Gasteiger charge is -2.11. The van der Waals surface area contributed by atoms with Crippen molar-refractivity contribution in [2.24, 2.45) is 4.99 Å². The molecule has 7 nitrogen and oxygen atoms in total. The minimum atomic E-state index is -0.397. The Morgan fingerprint density at radius 3 is 2.68 bits per heavy atom. The first-order valence-corrected chi connectivity index (χ1v) is 8.49. The summed E-state index contributed by atoms with van der Waals surface area (Å²) in [5.74, 6) is 1.05. The van der Waals surface area contributed by atoms with E-state index in [1.165, 1.54) is 6.07 Å². The Kier molecular flexibility index (Phi) is 8.76.